The van der Waals surface area contributed by atoms with Crippen molar-refractivity contribution in [2.75, 3.05) is 19.3 Å². The summed E-state index contributed by atoms with van der Waals surface area (Å²) in [6.45, 7) is 4.12. The lowest BCUT2D eigenvalue weighted by molar-refractivity contribution is 0.156. The Morgan fingerprint density at radius 3 is 2.69 bits per heavy atom. The fraction of sp³-hybridized carbons (Fsp3) is 0.364. The zero-order valence-electron chi connectivity index (χ0n) is 16.6. The van der Waals surface area contributed by atoms with Gasteiger partial charge in [-0.15, -0.1) is 0 Å². The molecule has 3 aromatic rings. The number of hydrogen-bond donors (Lipinski definition) is 0. The summed E-state index contributed by atoms with van der Waals surface area (Å²) in [5.41, 5.74) is 2.57. The molecule has 0 bridgehead atoms. The molecule has 4 rings (SSSR count). The highest BCUT2D eigenvalue weighted by Crippen LogP contribution is 2.26. The highest BCUT2D eigenvalue weighted by atomic mass is 32.2. The van der Waals surface area contributed by atoms with Crippen molar-refractivity contribution >= 4 is 9.84 Å². The number of piperidine rings is 1. The zero-order chi connectivity index (χ0) is 20.3. The first-order chi connectivity index (χ1) is 14.0. The molecule has 1 aromatic carbocycles. The van der Waals surface area contributed by atoms with Crippen LogP contribution in [-0.2, 0) is 22.9 Å². The van der Waals surface area contributed by atoms with E-state index in [0.717, 1.165) is 31.7 Å². The number of nitrogens with zero attached hydrogens (tertiary/aromatic N) is 4. The number of sulfone groups is 1. The Morgan fingerprint density at radius 2 is 1.97 bits per heavy atom. The van der Waals surface area contributed by atoms with E-state index in [1.165, 1.54) is 24.7 Å². The SMILES string of the molecule is CS(=O)(=O)c1cccnc1-c1ccc(CN2CCCC(Cn3ccnc3)C2)cc1. The van der Waals surface area contributed by atoms with Crippen molar-refractivity contribution in [1.29, 1.82) is 0 Å². The molecule has 1 unspecified atom stereocenters. The maximum absolute atomic E-state index is 12.0. The molecule has 0 aliphatic carbocycles. The van der Waals surface area contributed by atoms with Crippen LogP contribution in [-0.4, -0.2) is 47.2 Å². The number of benzene rings is 1. The lowest BCUT2D eigenvalue weighted by Crippen LogP contribution is -2.36. The van der Waals surface area contributed by atoms with E-state index in [4.69, 9.17) is 0 Å². The van der Waals surface area contributed by atoms with Gasteiger partial charge in [-0.3, -0.25) is 9.88 Å². The molecule has 0 N–H and O–H groups in total. The van der Waals surface area contributed by atoms with Gasteiger partial charge in [0.05, 0.1) is 16.9 Å². The number of pyridine rings is 1. The number of rotatable bonds is 6. The van der Waals surface area contributed by atoms with E-state index in [9.17, 15) is 8.42 Å². The van der Waals surface area contributed by atoms with Crippen LogP contribution in [0.2, 0.25) is 0 Å². The van der Waals surface area contributed by atoms with Gasteiger partial charge in [0.25, 0.3) is 0 Å². The normalized spacial score (nSPS) is 18.0. The van der Waals surface area contributed by atoms with Gasteiger partial charge in [0.15, 0.2) is 9.84 Å². The van der Waals surface area contributed by atoms with E-state index < -0.39 is 9.84 Å². The molecule has 1 aliphatic heterocycles. The van der Waals surface area contributed by atoms with Crippen LogP contribution >= 0.6 is 0 Å². The summed E-state index contributed by atoms with van der Waals surface area (Å²) in [6.07, 6.45) is 11.1. The third-order valence-electron chi connectivity index (χ3n) is 5.44. The molecule has 0 radical (unpaired) electrons. The highest BCUT2D eigenvalue weighted by molar-refractivity contribution is 7.90. The molecular weight excluding hydrogens is 384 g/mol. The van der Waals surface area contributed by atoms with E-state index in [1.807, 2.05) is 30.9 Å². The van der Waals surface area contributed by atoms with Crippen LogP contribution in [0.5, 0.6) is 0 Å². The van der Waals surface area contributed by atoms with E-state index in [1.54, 1.807) is 18.3 Å². The Balaban J connectivity index is 1.44. The second kappa shape index (κ2) is 8.47. The quantitative estimate of drug-likeness (QED) is 0.624. The van der Waals surface area contributed by atoms with Crippen molar-refractivity contribution in [3.8, 4) is 11.3 Å². The lowest BCUT2D eigenvalue weighted by Gasteiger charge is -2.33. The maximum atomic E-state index is 12.0. The minimum Gasteiger partial charge on any atom is -0.337 e. The summed E-state index contributed by atoms with van der Waals surface area (Å²) >= 11 is 0. The molecule has 152 valence electrons. The largest absolute Gasteiger partial charge is 0.337 e. The molecule has 29 heavy (non-hydrogen) atoms. The molecule has 1 atom stereocenters. The Bertz CT molecular complexity index is 1050. The summed E-state index contributed by atoms with van der Waals surface area (Å²) in [6, 6.07) is 11.4. The van der Waals surface area contributed by atoms with Gasteiger partial charge in [0.2, 0.25) is 0 Å². The van der Waals surface area contributed by atoms with Crippen molar-refractivity contribution in [1.82, 2.24) is 19.4 Å². The van der Waals surface area contributed by atoms with E-state index in [-0.39, 0.29) is 4.90 Å². The second-order valence-electron chi connectivity index (χ2n) is 7.82. The van der Waals surface area contributed by atoms with Crippen LogP contribution in [0.3, 0.4) is 0 Å². The molecule has 7 heteroatoms. The Hall–Kier alpha value is -2.51. The molecule has 1 aliphatic rings. The van der Waals surface area contributed by atoms with E-state index in [2.05, 4.69) is 31.6 Å². The van der Waals surface area contributed by atoms with E-state index >= 15 is 0 Å². The van der Waals surface area contributed by atoms with Crippen LogP contribution in [0, 0.1) is 5.92 Å². The first-order valence-electron chi connectivity index (χ1n) is 9.91. The summed E-state index contributed by atoms with van der Waals surface area (Å²) < 4.78 is 26.3. The Kier molecular flexibility index (Phi) is 5.78. The number of likely N-dealkylation sites (tertiary alicyclic amines) is 1. The van der Waals surface area contributed by atoms with Crippen LogP contribution in [0.15, 0.2) is 66.2 Å². The Labute approximate surface area is 172 Å². The van der Waals surface area contributed by atoms with Crippen molar-refractivity contribution in [3.05, 3.63) is 66.9 Å². The maximum Gasteiger partial charge on any atom is 0.177 e. The number of hydrogen-bond acceptors (Lipinski definition) is 5. The predicted molar refractivity (Wildman–Crippen MR) is 113 cm³/mol. The first kappa shape index (κ1) is 19.8. The summed E-state index contributed by atoms with van der Waals surface area (Å²) in [7, 11) is -3.32. The molecule has 1 saturated heterocycles. The molecule has 0 saturated carbocycles. The van der Waals surface area contributed by atoms with Crippen LogP contribution < -0.4 is 0 Å². The van der Waals surface area contributed by atoms with Crippen LogP contribution in [0.1, 0.15) is 18.4 Å². The predicted octanol–water partition coefficient (Wildman–Crippen LogP) is 3.26. The van der Waals surface area contributed by atoms with Crippen molar-refractivity contribution in [2.45, 2.75) is 30.8 Å². The fourth-order valence-corrected chi connectivity index (χ4v) is 4.92. The Morgan fingerprint density at radius 1 is 1.14 bits per heavy atom. The number of aromatic nitrogens is 3. The first-order valence-corrected chi connectivity index (χ1v) is 11.8. The van der Waals surface area contributed by atoms with Gasteiger partial charge < -0.3 is 4.57 Å². The lowest BCUT2D eigenvalue weighted by atomic mass is 9.97. The summed E-state index contributed by atoms with van der Waals surface area (Å²) in [4.78, 5) is 11.2. The van der Waals surface area contributed by atoms with Gasteiger partial charge in [-0.2, -0.15) is 0 Å². The molecule has 1 fully saturated rings. The molecule has 0 amide bonds. The minimum absolute atomic E-state index is 0.270. The van der Waals surface area contributed by atoms with Gasteiger partial charge in [0.1, 0.15) is 0 Å². The van der Waals surface area contributed by atoms with Gasteiger partial charge >= 0.3 is 0 Å². The molecule has 3 heterocycles. The third-order valence-corrected chi connectivity index (χ3v) is 6.56. The third kappa shape index (κ3) is 4.92. The van der Waals surface area contributed by atoms with Gasteiger partial charge in [0, 0.05) is 50.0 Å². The summed E-state index contributed by atoms with van der Waals surface area (Å²) in [5.74, 6) is 0.642. The number of imidazole rings is 1. The van der Waals surface area contributed by atoms with Gasteiger partial charge in [-0.25, -0.2) is 13.4 Å². The van der Waals surface area contributed by atoms with Crippen molar-refractivity contribution in [3.63, 3.8) is 0 Å². The van der Waals surface area contributed by atoms with Gasteiger partial charge in [-0.1, -0.05) is 24.3 Å². The zero-order valence-corrected chi connectivity index (χ0v) is 17.4. The molecule has 2 aromatic heterocycles. The van der Waals surface area contributed by atoms with Crippen LogP contribution in [0.25, 0.3) is 11.3 Å². The van der Waals surface area contributed by atoms with Crippen molar-refractivity contribution in [2.24, 2.45) is 5.92 Å². The fourth-order valence-electron chi connectivity index (χ4n) is 4.07. The molecular formula is C22H26N4O2S. The average Bonchev–Trinajstić information content (AvgIpc) is 3.21. The minimum atomic E-state index is -3.32. The smallest absolute Gasteiger partial charge is 0.177 e. The van der Waals surface area contributed by atoms with E-state index in [0.29, 0.717) is 11.6 Å². The monoisotopic (exact) mass is 410 g/mol. The average molecular weight is 411 g/mol. The van der Waals surface area contributed by atoms with Crippen LogP contribution in [0.4, 0.5) is 0 Å². The highest BCUT2D eigenvalue weighted by Gasteiger charge is 2.20. The molecule has 0 spiro atoms. The standard InChI is InChI=1S/C22H26N4O2S/c1-29(27,28)21-5-2-10-24-22(21)20-8-6-18(7-9-20)14-25-12-3-4-19(15-25)16-26-13-11-23-17-26/h2,5-11,13,17,19H,3-4,12,14-16H2,1H3. The van der Waals surface area contributed by atoms with Crippen molar-refractivity contribution < 1.29 is 8.42 Å². The van der Waals surface area contributed by atoms with Gasteiger partial charge in [-0.05, 0) is 43.0 Å². The topological polar surface area (TPSA) is 68.1 Å². The second-order valence-corrected chi connectivity index (χ2v) is 9.81. The molecule has 6 nitrogen and oxygen atoms in total. The summed E-state index contributed by atoms with van der Waals surface area (Å²) in [5, 5.41) is 0.